The molecule has 0 saturated carbocycles. The maximum absolute atomic E-state index is 11.4. The largest absolute Gasteiger partial charge is 0.500 e. The normalized spacial score (nSPS) is 19.4. The van der Waals surface area contributed by atoms with Gasteiger partial charge in [-0.15, -0.1) is 0 Å². The number of hydrogen-bond acceptors (Lipinski definition) is 6. The zero-order valence-corrected chi connectivity index (χ0v) is 13.5. The summed E-state index contributed by atoms with van der Waals surface area (Å²) in [7, 11) is -2.64. The molecule has 20 heavy (non-hydrogen) atoms. The summed E-state index contributed by atoms with van der Waals surface area (Å²) in [6.07, 6.45) is 1.51. The van der Waals surface area contributed by atoms with Gasteiger partial charge in [0.15, 0.2) is 0 Å². The Morgan fingerprint density at radius 2 is 1.65 bits per heavy atom. The van der Waals surface area contributed by atoms with Gasteiger partial charge in [0.05, 0.1) is 12.3 Å². The van der Waals surface area contributed by atoms with Crippen molar-refractivity contribution in [3.8, 4) is 0 Å². The van der Waals surface area contributed by atoms with Crippen molar-refractivity contribution in [3.63, 3.8) is 0 Å². The molecule has 1 atom stereocenters. The second-order valence-electron chi connectivity index (χ2n) is 4.57. The van der Waals surface area contributed by atoms with E-state index >= 15 is 0 Å². The highest BCUT2D eigenvalue weighted by molar-refractivity contribution is 6.60. The van der Waals surface area contributed by atoms with Gasteiger partial charge in [0.1, 0.15) is 0 Å². The number of rotatable bonds is 10. The van der Waals surface area contributed by atoms with Crippen LogP contribution < -0.4 is 0 Å². The lowest BCUT2D eigenvalue weighted by Gasteiger charge is -2.28. The number of esters is 2. The third kappa shape index (κ3) is 4.97. The summed E-state index contributed by atoms with van der Waals surface area (Å²) in [5, 5.41) is 0. The van der Waals surface area contributed by atoms with Crippen LogP contribution >= 0.6 is 0 Å². The number of ether oxygens (including phenoxy) is 1. The van der Waals surface area contributed by atoms with Crippen LogP contribution in [0.5, 0.6) is 0 Å². The predicted molar refractivity (Wildman–Crippen MR) is 73.9 cm³/mol. The van der Waals surface area contributed by atoms with Crippen LogP contribution in [0.2, 0.25) is 6.04 Å². The Morgan fingerprint density at radius 1 is 1.10 bits per heavy atom. The Kier molecular flexibility index (Phi) is 7.35. The molecule has 0 aromatic carbocycles. The molecule has 0 amide bonds. The number of hydrogen-bond donors (Lipinski definition) is 0. The number of carbonyl (C=O) groups is 2. The first kappa shape index (κ1) is 17.3. The Balaban J connectivity index is 2.48. The fourth-order valence-electron chi connectivity index (χ4n) is 2.31. The first-order valence-electron chi connectivity index (χ1n) is 7.23. The van der Waals surface area contributed by atoms with Crippen molar-refractivity contribution < 1.29 is 27.6 Å². The second-order valence-corrected chi connectivity index (χ2v) is 7.30. The average Bonchev–Trinajstić information content (AvgIpc) is 2.69. The van der Waals surface area contributed by atoms with Crippen LogP contribution in [-0.4, -0.2) is 40.6 Å². The van der Waals surface area contributed by atoms with Crippen molar-refractivity contribution in [2.75, 3.05) is 19.8 Å². The summed E-state index contributed by atoms with van der Waals surface area (Å²) in [4.78, 5) is 22.4. The van der Waals surface area contributed by atoms with E-state index in [1.165, 1.54) is 0 Å². The van der Waals surface area contributed by atoms with Crippen LogP contribution in [0.4, 0.5) is 0 Å². The molecule has 1 aliphatic heterocycles. The lowest BCUT2D eigenvalue weighted by molar-refractivity contribution is -0.153. The van der Waals surface area contributed by atoms with Gasteiger partial charge in [-0.1, -0.05) is 0 Å². The summed E-state index contributed by atoms with van der Waals surface area (Å²) in [6, 6.07) is 0.653. The predicted octanol–water partition coefficient (Wildman–Crippen LogP) is 1.90. The Hall–Kier alpha value is -0.763. The maximum atomic E-state index is 11.4. The van der Waals surface area contributed by atoms with Gasteiger partial charge in [-0.25, -0.2) is 0 Å². The van der Waals surface area contributed by atoms with Crippen molar-refractivity contribution >= 4 is 20.7 Å². The van der Waals surface area contributed by atoms with Gasteiger partial charge in [-0.3, -0.25) is 9.59 Å². The van der Waals surface area contributed by atoms with E-state index < -0.39 is 20.7 Å². The van der Waals surface area contributed by atoms with Gasteiger partial charge < -0.3 is 18.0 Å². The highest BCUT2D eigenvalue weighted by atomic mass is 28.4. The van der Waals surface area contributed by atoms with Gasteiger partial charge in [0.2, 0.25) is 0 Å². The maximum Gasteiger partial charge on any atom is 0.500 e. The molecule has 0 N–H and O–H groups in total. The zero-order valence-electron chi connectivity index (χ0n) is 12.5. The fraction of sp³-hybridized carbons (Fsp3) is 0.846. The first-order chi connectivity index (χ1) is 9.56. The highest BCUT2D eigenvalue weighted by Crippen LogP contribution is 2.25. The molecule has 6 nitrogen and oxygen atoms in total. The molecule has 0 radical (unpaired) electrons. The minimum Gasteiger partial charge on any atom is -0.393 e. The molecule has 7 heteroatoms. The summed E-state index contributed by atoms with van der Waals surface area (Å²) >= 11 is 0. The Bertz CT molecular complexity index is 316. The Morgan fingerprint density at radius 3 is 2.05 bits per heavy atom. The van der Waals surface area contributed by atoms with Crippen LogP contribution in [0.1, 0.15) is 40.0 Å². The van der Waals surface area contributed by atoms with E-state index in [0.29, 0.717) is 32.3 Å². The molecule has 1 rings (SSSR count). The van der Waals surface area contributed by atoms with E-state index in [0.717, 1.165) is 6.42 Å². The fourth-order valence-corrected chi connectivity index (χ4v) is 4.95. The topological polar surface area (TPSA) is 71.1 Å². The third-order valence-corrected chi connectivity index (χ3v) is 6.24. The third-order valence-electron chi connectivity index (χ3n) is 3.09. The monoisotopic (exact) mass is 304 g/mol. The minimum atomic E-state index is -2.64. The molecule has 0 aromatic rings. The lowest BCUT2D eigenvalue weighted by Crippen LogP contribution is -2.46. The summed E-state index contributed by atoms with van der Waals surface area (Å²) in [5.74, 6) is -1.16. The van der Waals surface area contributed by atoms with Crippen molar-refractivity contribution in [1.29, 1.82) is 0 Å². The smallest absolute Gasteiger partial charge is 0.393 e. The first-order valence-corrected chi connectivity index (χ1v) is 9.16. The van der Waals surface area contributed by atoms with Gasteiger partial charge in [0.25, 0.3) is 0 Å². The second kappa shape index (κ2) is 8.51. The molecule has 0 aliphatic carbocycles. The van der Waals surface area contributed by atoms with Crippen molar-refractivity contribution in [1.82, 2.24) is 0 Å². The summed E-state index contributed by atoms with van der Waals surface area (Å²) in [6.45, 7) is 7.34. The van der Waals surface area contributed by atoms with E-state index in [1.807, 2.05) is 20.8 Å². The van der Waals surface area contributed by atoms with Crippen molar-refractivity contribution in [2.24, 2.45) is 5.92 Å². The lowest BCUT2D eigenvalue weighted by atomic mass is 10.0. The van der Waals surface area contributed by atoms with Crippen LogP contribution in [0.25, 0.3) is 0 Å². The van der Waals surface area contributed by atoms with E-state index in [2.05, 4.69) is 4.74 Å². The summed E-state index contributed by atoms with van der Waals surface area (Å²) in [5.41, 5.74) is 0. The van der Waals surface area contributed by atoms with Crippen LogP contribution in [-0.2, 0) is 27.6 Å². The average molecular weight is 304 g/mol. The molecular formula is C13H24O6Si. The number of cyclic esters (lactones) is 2. The molecule has 0 unspecified atom stereocenters. The van der Waals surface area contributed by atoms with Gasteiger partial charge in [-0.05, 0) is 33.6 Å². The SMILES string of the molecule is CCO[Si](CCC[C@H]1CC(=O)OC1=O)(OCC)OCC. The van der Waals surface area contributed by atoms with E-state index in [-0.39, 0.29) is 12.3 Å². The van der Waals surface area contributed by atoms with Crippen molar-refractivity contribution in [3.05, 3.63) is 0 Å². The van der Waals surface area contributed by atoms with Gasteiger partial charge in [0, 0.05) is 25.9 Å². The molecule has 0 aromatic heterocycles. The van der Waals surface area contributed by atoms with Gasteiger partial charge in [-0.2, -0.15) is 0 Å². The quantitative estimate of drug-likeness (QED) is 0.349. The molecule has 1 fully saturated rings. The van der Waals surface area contributed by atoms with E-state index in [4.69, 9.17) is 13.3 Å². The van der Waals surface area contributed by atoms with E-state index in [1.54, 1.807) is 0 Å². The molecule has 1 heterocycles. The molecule has 1 saturated heterocycles. The molecule has 0 bridgehead atoms. The zero-order chi connectivity index (χ0) is 15.0. The number of carbonyl (C=O) groups excluding carboxylic acids is 2. The van der Waals surface area contributed by atoms with Crippen LogP contribution in [0.15, 0.2) is 0 Å². The molecule has 1 aliphatic rings. The van der Waals surface area contributed by atoms with E-state index in [9.17, 15) is 9.59 Å². The van der Waals surface area contributed by atoms with Gasteiger partial charge >= 0.3 is 20.7 Å². The van der Waals surface area contributed by atoms with Crippen LogP contribution in [0.3, 0.4) is 0 Å². The summed E-state index contributed by atoms with van der Waals surface area (Å²) < 4.78 is 21.7. The molecular weight excluding hydrogens is 280 g/mol. The minimum absolute atomic E-state index is 0.186. The molecule has 0 spiro atoms. The van der Waals surface area contributed by atoms with Crippen molar-refractivity contribution in [2.45, 2.75) is 46.1 Å². The highest BCUT2D eigenvalue weighted by Gasteiger charge is 2.41. The molecule has 116 valence electrons. The Labute approximate surface area is 121 Å². The van der Waals surface area contributed by atoms with Crippen LogP contribution in [0, 0.1) is 5.92 Å². The standard InChI is InChI=1S/C13H24O6Si/c1-4-16-20(17-5-2,18-6-3)9-7-8-11-10-12(14)19-13(11)15/h11H,4-10H2,1-3H3/t11-/m0/s1.